The Balaban J connectivity index is 3.03. The highest BCUT2D eigenvalue weighted by Crippen LogP contribution is 2.36. The van der Waals surface area contributed by atoms with Crippen LogP contribution in [-0.2, 0) is 0 Å². The van der Waals surface area contributed by atoms with Gasteiger partial charge in [0.2, 0.25) is 0 Å². The molecule has 0 spiro atoms. The van der Waals surface area contributed by atoms with E-state index in [2.05, 4.69) is 11.7 Å². The van der Waals surface area contributed by atoms with E-state index in [1.54, 1.807) is 0 Å². The molecule has 4 heteroatoms. The van der Waals surface area contributed by atoms with Gasteiger partial charge in [0.1, 0.15) is 6.42 Å². The first-order valence-electron chi connectivity index (χ1n) is 2.62. The number of hydrogen-bond donors (Lipinski definition) is 0. The van der Waals surface area contributed by atoms with Crippen LogP contribution < -0.4 is 0 Å². The summed E-state index contributed by atoms with van der Waals surface area (Å²) < 4.78 is 3.95. The molecule has 50 valence electrons. The molecular formula is C4H10Cl2NP. The van der Waals surface area contributed by atoms with Crippen molar-refractivity contribution in [1.82, 2.24) is 0 Å². The van der Waals surface area contributed by atoms with Gasteiger partial charge >= 0.3 is 0 Å². The molecule has 0 radical (unpaired) electrons. The standard InChI is InChI=1S/C4H10Cl2NP/c1-2-3-4-7-8(5)6/h8H,2-4H2,1H3. The number of unbranched alkanes of at least 4 members (excludes halogenated alkanes) is 1. The smallest absolute Gasteiger partial charge is 0.125 e. The summed E-state index contributed by atoms with van der Waals surface area (Å²) in [6.07, 6.45) is 0.926. The molecule has 0 saturated carbocycles. The molecule has 1 nitrogen and oxygen atoms in total. The fraction of sp³-hybridized carbons (Fsp3) is 1.00. The van der Waals surface area contributed by atoms with Crippen LogP contribution in [0, 0.1) is 0 Å². The van der Waals surface area contributed by atoms with Crippen LogP contribution in [0.4, 0.5) is 0 Å². The predicted molar refractivity (Wildman–Crippen MR) is 42.2 cm³/mol. The molecule has 0 atom stereocenters. The number of hydrogen-bond acceptors (Lipinski definition) is 1. The van der Waals surface area contributed by atoms with Gasteiger partial charge < -0.3 is 0 Å². The average molecular weight is 174 g/mol. The molecule has 0 aliphatic heterocycles. The lowest BCUT2D eigenvalue weighted by Gasteiger charge is -1.87. The lowest BCUT2D eigenvalue weighted by atomic mass is 10.3. The van der Waals surface area contributed by atoms with Gasteiger partial charge in [0.15, 0.2) is 0 Å². The van der Waals surface area contributed by atoms with E-state index in [9.17, 15) is 0 Å². The third-order valence-corrected chi connectivity index (χ3v) is 1.92. The van der Waals surface area contributed by atoms with Crippen LogP contribution in [-0.4, -0.2) is 6.54 Å². The van der Waals surface area contributed by atoms with Gasteiger partial charge in [-0.2, -0.15) is 0 Å². The molecule has 0 aromatic rings. The topological polar surface area (TPSA) is 12.4 Å². The van der Waals surface area contributed by atoms with Gasteiger partial charge in [-0.3, -0.25) is 4.74 Å². The second kappa shape index (κ2) is 5.94. The van der Waals surface area contributed by atoms with E-state index < -0.39 is 6.42 Å². The molecule has 8 heavy (non-hydrogen) atoms. The maximum Gasteiger partial charge on any atom is 0.125 e. The largest absolute Gasteiger partial charge is 0.276 e. The van der Waals surface area contributed by atoms with Gasteiger partial charge in [-0.15, -0.1) is 0 Å². The Kier molecular flexibility index (Phi) is 6.54. The summed E-state index contributed by atoms with van der Waals surface area (Å²) in [5.74, 6) is 0. The fourth-order valence-corrected chi connectivity index (χ4v) is 1.16. The fourth-order valence-electron chi connectivity index (χ4n) is 0.322. The summed E-state index contributed by atoms with van der Waals surface area (Å²) >= 11 is 10.8. The van der Waals surface area contributed by atoms with E-state index in [0.717, 1.165) is 19.4 Å². The minimum Gasteiger partial charge on any atom is -0.276 e. The maximum absolute atomic E-state index is 5.41. The Morgan fingerprint density at radius 2 is 2.12 bits per heavy atom. The molecule has 0 unspecified atom stereocenters. The van der Waals surface area contributed by atoms with E-state index in [1.807, 2.05) is 0 Å². The van der Waals surface area contributed by atoms with Gasteiger partial charge in [-0.1, -0.05) is 35.8 Å². The summed E-state index contributed by atoms with van der Waals surface area (Å²) in [5.41, 5.74) is 0. The van der Waals surface area contributed by atoms with Crippen LogP contribution in [0.25, 0.3) is 0 Å². The molecule has 0 fully saturated rings. The van der Waals surface area contributed by atoms with Crippen LogP contribution in [0.5, 0.6) is 0 Å². The van der Waals surface area contributed by atoms with Crippen molar-refractivity contribution < 1.29 is 0 Å². The van der Waals surface area contributed by atoms with Crippen LogP contribution in [0.3, 0.4) is 0 Å². The quantitative estimate of drug-likeness (QED) is 0.458. The van der Waals surface area contributed by atoms with Crippen LogP contribution in [0.1, 0.15) is 19.8 Å². The molecule has 0 bridgehead atoms. The molecule has 0 N–H and O–H groups in total. The van der Waals surface area contributed by atoms with Crippen LogP contribution >= 0.6 is 28.9 Å². The zero-order valence-electron chi connectivity index (χ0n) is 4.82. The minimum atomic E-state index is -1.34. The molecule has 0 aromatic carbocycles. The Morgan fingerprint density at radius 1 is 1.50 bits per heavy atom. The maximum atomic E-state index is 5.41. The van der Waals surface area contributed by atoms with Crippen molar-refractivity contribution in [3.8, 4) is 0 Å². The Morgan fingerprint density at radius 3 is 2.50 bits per heavy atom. The number of rotatable bonds is 3. The first kappa shape index (κ1) is 8.81. The SMILES string of the molecule is CCCCN=[PH](Cl)Cl. The normalized spacial score (nSPS) is 10.0. The first-order chi connectivity index (χ1) is 3.77. The van der Waals surface area contributed by atoms with Crippen molar-refractivity contribution in [2.75, 3.05) is 6.54 Å². The van der Waals surface area contributed by atoms with E-state index in [0.29, 0.717) is 0 Å². The van der Waals surface area contributed by atoms with E-state index >= 15 is 0 Å². The summed E-state index contributed by atoms with van der Waals surface area (Å²) in [6, 6.07) is 0. The van der Waals surface area contributed by atoms with Gasteiger partial charge in [0.05, 0.1) is 0 Å². The highest BCUT2D eigenvalue weighted by Gasteiger charge is 1.80. The number of nitrogens with zero attached hydrogens (tertiary/aromatic N) is 1. The summed E-state index contributed by atoms with van der Waals surface area (Å²) in [4.78, 5) is 0. The lowest BCUT2D eigenvalue weighted by Crippen LogP contribution is -1.72. The Hall–Kier alpha value is 0.810. The molecule has 0 heterocycles. The Bertz CT molecular complexity index is 80.1. The third kappa shape index (κ3) is 6.81. The molecule has 0 aliphatic rings. The monoisotopic (exact) mass is 173 g/mol. The van der Waals surface area contributed by atoms with Gasteiger partial charge in [-0.25, -0.2) is 0 Å². The molecule has 0 aliphatic carbocycles. The lowest BCUT2D eigenvalue weighted by molar-refractivity contribution is 0.814. The highest BCUT2D eigenvalue weighted by atomic mass is 35.9. The van der Waals surface area contributed by atoms with Gasteiger partial charge in [0.25, 0.3) is 0 Å². The Labute approximate surface area is 60.4 Å². The third-order valence-electron chi connectivity index (χ3n) is 0.743. The molecule has 0 aromatic heterocycles. The minimum absolute atomic E-state index is 0.831. The van der Waals surface area contributed by atoms with E-state index in [4.69, 9.17) is 22.5 Å². The van der Waals surface area contributed by atoms with Gasteiger partial charge in [-0.05, 0) is 6.42 Å². The summed E-state index contributed by atoms with van der Waals surface area (Å²) in [6.45, 7) is 2.95. The molecule has 0 saturated heterocycles. The average Bonchev–Trinajstić information content (AvgIpc) is 1.66. The van der Waals surface area contributed by atoms with Crippen molar-refractivity contribution in [3.63, 3.8) is 0 Å². The predicted octanol–water partition coefficient (Wildman–Crippen LogP) is 3.49. The summed E-state index contributed by atoms with van der Waals surface area (Å²) in [5, 5.41) is 0. The first-order valence-corrected chi connectivity index (χ1v) is 6.10. The summed E-state index contributed by atoms with van der Waals surface area (Å²) in [7, 11) is 0. The van der Waals surface area contributed by atoms with E-state index in [-0.39, 0.29) is 0 Å². The zero-order chi connectivity index (χ0) is 6.41. The highest BCUT2D eigenvalue weighted by molar-refractivity contribution is 7.96. The van der Waals surface area contributed by atoms with Crippen molar-refractivity contribution in [2.45, 2.75) is 19.8 Å². The van der Waals surface area contributed by atoms with Crippen molar-refractivity contribution >= 4 is 28.9 Å². The second-order valence-corrected chi connectivity index (χ2v) is 5.00. The molecular weight excluding hydrogens is 164 g/mol. The van der Waals surface area contributed by atoms with Crippen molar-refractivity contribution in [1.29, 1.82) is 0 Å². The van der Waals surface area contributed by atoms with E-state index in [1.165, 1.54) is 0 Å². The zero-order valence-corrected chi connectivity index (χ0v) is 7.34. The van der Waals surface area contributed by atoms with Crippen LogP contribution in [0.15, 0.2) is 4.74 Å². The second-order valence-electron chi connectivity index (χ2n) is 1.48. The van der Waals surface area contributed by atoms with Crippen LogP contribution in [0.2, 0.25) is 0 Å². The van der Waals surface area contributed by atoms with Crippen molar-refractivity contribution in [2.24, 2.45) is 4.74 Å². The number of halogens is 2. The van der Waals surface area contributed by atoms with Gasteiger partial charge in [0, 0.05) is 6.54 Å². The molecule has 0 rings (SSSR count). The molecule has 0 amide bonds. The van der Waals surface area contributed by atoms with Crippen molar-refractivity contribution in [3.05, 3.63) is 0 Å².